The molecule has 1 aliphatic heterocycles. The Labute approximate surface area is 78.3 Å². The van der Waals surface area contributed by atoms with Crippen molar-refractivity contribution in [3.05, 3.63) is 0 Å². The van der Waals surface area contributed by atoms with Gasteiger partial charge < -0.3 is 5.32 Å². The summed E-state index contributed by atoms with van der Waals surface area (Å²) in [6, 6.07) is -0.115. The maximum absolute atomic E-state index is 11.3. The standard InChI is InChI=1S/C9H16N2O2/c1-3-8(12)7(2)11-5-4-10-9(13)6-11/h7H,3-6H2,1-2H3,(H,10,13)/t7-/m1/s1. The highest BCUT2D eigenvalue weighted by Crippen LogP contribution is 2.04. The van der Waals surface area contributed by atoms with Gasteiger partial charge in [-0.15, -0.1) is 0 Å². The molecule has 1 fully saturated rings. The predicted molar refractivity (Wildman–Crippen MR) is 49.3 cm³/mol. The molecule has 0 aromatic rings. The van der Waals surface area contributed by atoms with Crippen molar-refractivity contribution in [2.75, 3.05) is 19.6 Å². The van der Waals surface area contributed by atoms with Gasteiger partial charge in [-0.2, -0.15) is 0 Å². The highest BCUT2D eigenvalue weighted by molar-refractivity contribution is 5.85. The molecule has 1 rings (SSSR count). The van der Waals surface area contributed by atoms with Crippen molar-refractivity contribution in [3.8, 4) is 0 Å². The Balaban J connectivity index is 2.50. The summed E-state index contributed by atoms with van der Waals surface area (Å²) >= 11 is 0. The third-order valence-electron chi connectivity index (χ3n) is 2.43. The van der Waals surface area contributed by atoms with Crippen LogP contribution >= 0.6 is 0 Å². The van der Waals surface area contributed by atoms with E-state index in [1.54, 1.807) is 0 Å². The van der Waals surface area contributed by atoms with Crippen molar-refractivity contribution in [2.45, 2.75) is 26.3 Å². The quantitative estimate of drug-likeness (QED) is 0.660. The minimum absolute atomic E-state index is 0.0157. The molecule has 1 atom stereocenters. The van der Waals surface area contributed by atoms with Gasteiger partial charge in [-0.3, -0.25) is 14.5 Å². The van der Waals surface area contributed by atoms with E-state index in [1.807, 2.05) is 18.7 Å². The highest BCUT2D eigenvalue weighted by atomic mass is 16.2. The molecule has 4 nitrogen and oxygen atoms in total. The molecule has 0 aromatic carbocycles. The number of carbonyl (C=O) groups is 2. The van der Waals surface area contributed by atoms with Crippen LogP contribution in [0.5, 0.6) is 0 Å². The first kappa shape index (κ1) is 10.2. The molecule has 0 unspecified atom stereocenters. The van der Waals surface area contributed by atoms with Crippen molar-refractivity contribution in [3.63, 3.8) is 0 Å². The molecule has 1 amide bonds. The van der Waals surface area contributed by atoms with E-state index >= 15 is 0 Å². The average Bonchev–Trinajstić information content (AvgIpc) is 2.15. The van der Waals surface area contributed by atoms with Crippen LogP contribution in [0.2, 0.25) is 0 Å². The summed E-state index contributed by atoms with van der Waals surface area (Å²) in [4.78, 5) is 24.3. The van der Waals surface area contributed by atoms with E-state index in [-0.39, 0.29) is 17.7 Å². The monoisotopic (exact) mass is 184 g/mol. The molecule has 0 spiro atoms. The molecule has 1 saturated heterocycles. The molecular weight excluding hydrogens is 168 g/mol. The minimum atomic E-state index is -0.115. The second kappa shape index (κ2) is 4.37. The first-order chi connectivity index (χ1) is 6.15. The lowest BCUT2D eigenvalue weighted by atomic mass is 10.1. The molecular formula is C9H16N2O2. The summed E-state index contributed by atoms with van der Waals surface area (Å²) in [6.45, 7) is 5.50. The van der Waals surface area contributed by atoms with Gasteiger partial charge in [0.25, 0.3) is 0 Å². The number of nitrogens with zero attached hydrogens (tertiary/aromatic N) is 1. The first-order valence-corrected chi connectivity index (χ1v) is 4.68. The number of piperazine rings is 1. The van der Waals surface area contributed by atoms with Crippen LogP contribution in [-0.4, -0.2) is 42.3 Å². The summed E-state index contributed by atoms with van der Waals surface area (Å²) in [6.07, 6.45) is 0.541. The zero-order chi connectivity index (χ0) is 9.84. The minimum Gasteiger partial charge on any atom is -0.354 e. The maximum atomic E-state index is 11.3. The van der Waals surface area contributed by atoms with Crippen molar-refractivity contribution in [2.24, 2.45) is 0 Å². The first-order valence-electron chi connectivity index (χ1n) is 4.68. The Kier molecular flexibility index (Phi) is 3.42. The second-order valence-electron chi connectivity index (χ2n) is 3.32. The Hall–Kier alpha value is -0.900. The zero-order valence-corrected chi connectivity index (χ0v) is 8.17. The Morgan fingerprint density at radius 1 is 1.69 bits per heavy atom. The molecule has 4 heteroatoms. The van der Waals surface area contributed by atoms with Gasteiger partial charge in [0.05, 0.1) is 12.6 Å². The fourth-order valence-corrected chi connectivity index (χ4v) is 1.49. The van der Waals surface area contributed by atoms with Crippen LogP contribution in [0.3, 0.4) is 0 Å². The van der Waals surface area contributed by atoms with E-state index in [2.05, 4.69) is 5.32 Å². The molecule has 1 aliphatic rings. The molecule has 0 aromatic heterocycles. The van der Waals surface area contributed by atoms with Crippen LogP contribution in [-0.2, 0) is 9.59 Å². The van der Waals surface area contributed by atoms with E-state index in [1.165, 1.54) is 0 Å². The van der Waals surface area contributed by atoms with Gasteiger partial charge in [0, 0.05) is 19.5 Å². The molecule has 0 saturated carbocycles. The Morgan fingerprint density at radius 3 is 2.92 bits per heavy atom. The van der Waals surface area contributed by atoms with Gasteiger partial charge in [0.1, 0.15) is 5.78 Å². The molecule has 13 heavy (non-hydrogen) atoms. The van der Waals surface area contributed by atoms with Gasteiger partial charge in [-0.05, 0) is 6.92 Å². The summed E-state index contributed by atoms with van der Waals surface area (Å²) in [5.74, 6) is 0.219. The van der Waals surface area contributed by atoms with Crippen LogP contribution in [0, 0.1) is 0 Å². The van der Waals surface area contributed by atoms with Crippen molar-refractivity contribution in [1.82, 2.24) is 10.2 Å². The van der Waals surface area contributed by atoms with Gasteiger partial charge in [-0.1, -0.05) is 6.92 Å². The van der Waals surface area contributed by atoms with Crippen LogP contribution in [0.4, 0.5) is 0 Å². The van der Waals surface area contributed by atoms with Crippen molar-refractivity contribution in [1.29, 1.82) is 0 Å². The SMILES string of the molecule is CCC(=O)[C@@H](C)N1CCNC(=O)C1. The fourth-order valence-electron chi connectivity index (χ4n) is 1.49. The zero-order valence-electron chi connectivity index (χ0n) is 8.17. The van der Waals surface area contributed by atoms with Gasteiger partial charge in [0.15, 0.2) is 0 Å². The highest BCUT2D eigenvalue weighted by Gasteiger charge is 2.24. The van der Waals surface area contributed by atoms with E-state index in [0.717, 1.165) is 6.54 Å². The summed E-state index contributed by atoms with van der Waals surface area (Å²) in [5, 5.41) is 2.73. The maximum Gasteiger partial charge on any atom is 0.234 e. The fraction of sp³-hybridized carbons (Fsp3) is 0.778. The van der Waals surface area contributed by atoms with Crippen LogP contribution in [0.15, 0.2) is 0 Å². The van der Waals surface area contributed by atoms with Crippen LogP contribution < -0.4 is 5.32 Å². The number of hydrogen-bond donors (Lipinski definition) is 1. The predicted octanol–water partition coefficient (Wildman–Crippen LogP) is -0.214. The molecule has 1 N–H and O–H groups in total. The number of carbonyl (C=O) groups excluding carboxylic acids is 2. The molecule has 0 radical (unpaired) electrons. The van der Waals surface area contributed by atoms with Gasteiger partial charge in [0.2, 0.25) is 5.91 Å². The Bertz CT molecular complexity index is 216. The third kappa shape index (κ3) is 2.52. The second-order valence-corrected chi connectivity index (χ2v) is 3.32. The number of Topliss-reactive ketones (excluding diaryl/α,β-unsaturated/α-hetero) is 1. The summed E-state index contributed by atoms with van der Waals surface area (Å²) in [7, 11) is 0. The van der Waals surface area contributed by atoms with Gasteiger partial charge in [-0.25, -0.2) is 0 Å². The average molecular weight is 184 g/mol. The number of ketones is 1. The van der Waals surface area contributed by atoms with Gasteiger partial charge >= 0.3 is 0 Å². The third-order valence-corrected chi connectivity index (χ3v) is 2.43. The number of rotatable bonds is 3. The lowest BCUT2D eigenvalue weighted by molar-refractivity contribution is -0.128. The number of amides is 1. The van der Waals surface area contributed by atoms with E-state index in [9.17, 15) is 9.59 Å². The van der Waals surface area contributed by atoms with Crippen LogP contribution in [0.1, 0.15) is 20.3 Å². The van der Waals surface area contributed by atoms with Crippen LogP contribution in [0.25, 0.3) is 0 Å². The van der Waals surface area contributed by atoms with E-state index in [4.69, 9.17) is 0 Å². The molecule has 74 valence electrons. The molecule has 1 heterocycles. The molecule has 0 bridgehead atoms. The summed E-state index contributed by atoms with van der Waals surface area (Å²) < 4.78 is 0. The topological polar surface area (TPSA) is 49.4 Å². The Morgan fingerprint density at radius 2 is 2.38 bits per heavy atom. The lowest BCUT2D eigenvalue weighted by Crippen LogP contribution is -2.52. The summed E-state index contributed by atoms with van der Waals surface area (Å²) in [5.41, 5.74) is 0. The largest absolute Gasteiger partial charge is 0.354 e. The normalized spacial score (nSPS) is 20.9. The smallest absolute Gasteiger partial charge is 0.234 e. The number of hydrogen-bond acceptors (Lipinski definition) is 3. The van der Waals surface area contributed by atoms with E-state index in [0.29, 0.717) is 19.5 Å². The van der Waals surface area contributed by atoms with E-state index < -0.39 is 0 Å². The number of nitrogens with one attached hydrogen (secondary N) is 1. The van der Waals surface area contributed by atoms with Crippen molar-refractivity contribution >= 4 is 11.7 Å². The molecule has 0 aliphatic carbocycles. The lowest BCUT2D eigenvalue weighted by Gasteiger charge is -2.30. The van der Waals surface area contributed by atoms with Crippen molar-refractivity contribution < 1.29 is 9.59 Å².